The molecule has 0 spiro atoms. The number of hydrogen-bond acceptors (Lipinski definition) is 5. The smallest absolute Gasteiger partial charge is 0.253 e. The monoisotopic (exact) mass is 355 g/mol. The Morgan fingerprint density at radius 2 is 2.12 bits per heavy atom. The van der Waals surface area contributed by atoms with Gasteiger partial charge >= 0.3 is 0 Å². The van der Waals surface area contributed by atoms with Crippen LogP contribution in [0.2, 0.25) is 0 Å². The summed E-state index contributed by atoms with van der Waals surface area (Å²) in [5.74, 6) is -0.136. The minimum Gasteiger partial charge on any atom is -0.272 e. The first-order valence-corrected chi connectivity index (χ1v) is 9.23. The van der Waals surface area contributed by atoms with Crippen LogP contribution in [0.4, 0.5) is 0 Å². The van der Waals surface area contributed by atoms with Crippen molar-refractivity contribution in [2.75, 3.05) is 0 Å². The minimum absolute atomic E-state index is 0.136. The molecule has 4 nitrogen and oxygen atoms in total. The highest BCUT2D eigenvalue weighted by Crippen LogP contribution is 2.31. The Hall–Kier alpha value is -2.18. The van der Waals surface area contributed by atoms with Gasteiger partial charge in [0.25, 0.3) is 5.91 Å². The maximum Gasteiger partial charge on any atom is 0.253 e. The number of hydrogen-bond donors (Lipinski definition) is 1. The largest absolute Gasteiger partial charge is 0.272 e. The Kier molecular flexibility index (Phi) is 5.27. The van der Waals surface area contributed by atoms with Gasteiger partial charge in [-0.15, -0.1) is 11.3 Å². The highest BCUT2D eigenvalue weighted by molar-refractivity contribution is 8.02. The maximum atomic E-state index is 12.2. The number of aromatic nitrogens is 1. The number of benzene rings is 2. The van der Waals surface area contributed by atoms with Gasteiger partial charge in [0, 0.05) is 0 Å². The fourth-order valence-corrected chi connectivity index (χ4v) is 4.32. The summed E-state index contributed by atoms with van der Waals surface area (Å²) in [6.07, 6.45) is 1.65. The fraction of sp³-hybridized carbons (Fsp3) is 0.167. The van der Waals surface area contributed by atoms with Crippen LogP contribution in [-0.2, 0) is 4.79 Å². The van der Waals surface area contributed by atoms with E-state index in [4.69, 9.17) is 0 Å². The van der Waals surface area contributed by atoms with Crippen LogP contribution >= 0.6 is 23.1 Å². The Morgan fingerprint density at radius 3 is 2.92 bits per heavy atom. The second-order valence-corrected chi connectivity index (χ2v) is 7.97. The predicted molar refractivity (Wildman–Crippen MR) is 102 cm³/mol. The van der Waals surface area contributed by atoms with Crippen LogP contribution < -0.4 is 5.43 Å². The first-order valence-electron chi connectivity index (χ1n) is 7.53. The van der Waals surface area contributed by atoms with Crippen molar-refractivity contribution in [3.63, 3.8) is 0 Å². The van der Waals surface area contributed by atoms with Gasteiger partial charge in [0.05, 0.1) is 21.7 Å². The summed E-state index contributed by atoms with van der Waals surface area (Å²) in [6.45, 7) is 3.88. The number of amides is 1. The van der Waals surface area contributed by atoms with Crippen molar-refractivity contribution in [1.82, 2.24) is 10.4 Å². The molecule has 1 atom stereocenters. The van der Waals surface area contributed by atoms with Gasteiger partial charge in [0.1, 0.15) is 0 Å². The quantitative estimate of drug-likeness (QED) is 0.423. The standard InChI is InChI=1S/C18H17N3OS2/c1-12-6-5-7-14(10-12)11-19-21-17(22)13(2)23-18-20-15-8-3-4-9-16(15)24-18/h3-11,13H,1-2H3,(H,21,22)/t13-/m0/s1. The predicted octanol–water partition coefficient (Wildman–Crippen LogP) is 4.24. The zero-order chi connectivity index (χ0) is 16.9. The lowest BCUT2D eigenvalue weighted by molar-refractivity contribution is -0.120. The first kappa shape index (κ1) is 16.7. The number of thioether (sulfide) groups is 1. The molecule has 2 aromatic carbocycles. The number of carbonyl (C=O) groups is 1. The van der Waals surface area contributed by atoms with E-state index in [9.17, 15) is 4.79 Å². The molecular formula is C18H17N3OS2. The lowest BCUT2D eigenvalue weighted by Crippen LogP contribution is -2.26. The number of hydrazone groups is 1. The van der Waals surface area contributed by atoms with Crippen LogP contribution in [0.1, 0.15) is 18.1 Å². The molecule has 0 radical (unpaired) electrons. The maximum absolute atomic E-state index is 12.2. The molecule has 0 fully saturated rings. The number of para-hydroxylation sites is 1. The van der Waals surface area contributed by atoms with Gasteiger partial charge in [0.15, 0.2) is 4.34 Å². The lowest BCUT2D eigenvalue weighted by Gasteiger charge is -2.06. The number of aryl methyl sites for hydroxylation is 1. The molecule has 122 valence electrons. The number of carbonyl (C=O) groups excluding carboxylic acids is 1. The topological polar surface area (TPSA) is 54.4 Å². The molecule has 6 heteroatoms. The molecule has 3 aromatic rings. The van der Waals surface area contributed by atoms with E-state index in [1.54, 1.807) is 17.6 Å². The minimum atomic E-state index is -0.264. The molecule has 1 amide bonds. The molecule has 1 aromatic heterocycles. The summed E-state index contributed by atoms with van der Waals surface area (Å²) in [6, 6.07) is 15.9. The Bertz CT molecular complexity index is 856. The van der Waals surface area contributed by atoms with Crippen molar-refractivity contribution in [2.45, 2.75) is 23.4 Å². The summed E-state index contributed by atoms with van der Waals surface area (Å²) in [4.78, 5) is 16.7. The molecule has 0 saturated heterocycles. The third-order valence-electron chi connectivity index (χ3n) is 3.35. The van der Waals surface area contributed by atoms with E-state index < -0.39 is 0 Å². The SMILES string of the molecule is Cc1cccc(C=NNC(=O)[C@H](C)Sc2nc3ccccc3s2)c1. The Balaban J connectivity index is 1.58. The normalized spacial score (nSPS) is 12.6. The summed E-state index contributed by atoms with van der Waals surface area (Å²) in [5, 5.41) is 3.77. The molecule has 1 heterocycles. The van der Waals surface area contributed by atoms with Gasteiger partial charge < -0.3 is 0 Å². The van der Waals surface area contributed by atoms with Crippen molar-refractivity contribution in [3.8, 4) is 0 Å². The zero-order valence-corrected chi connectivity index (χ0v) is 15.0. The van der Waals surface area contributed by atoms with E-state index in [-0.39, 0.29) is 11.2 Å². The fourth-order valence-electron chi connectivity index (χ4n) is 2.12. The van der Waals surface area contributed by atoms with Crippen molar-refractivity contribution in [2.24, 2.45) is 5.10 Å². The van der Waals surface area contributed by atoms with Crippen molar-refractivity contribution >= 4 is 45.4 Å². The number of nitrogens with one attached hydrogen (secondary N) is 1. The van der Waals surface area contributed by atoms with Crippen molar-refractivity contribution in [3.05, 3.63) is 59.7 Å². The number of nitrogens with zero attached hydrogens (tertiary/aromatic N) is 2. The summed E-state index contributed by atoms with van der Waals surface area (Å²) in [7, 11) is 0. The molecule has 0 saturated carbocycles. The molecular weight excluding hydrogens is 338 g/mol. The van der Waals surface area contributed by atoms with E-state index in [2.05, 4.69) is 15.5 Å². The molecule has 24 heavy (non-hydrogen) atoms. The Morgan fingerprint density at radius 1 is 1.29 bits per heavy atom. The average Bonchev–Trinajstić information content (AvgIpc) is 2.97. The zero-order valence-electron chi connectivity index (χ0n) is 13.4. The van der Waals surface area contributed by atoms with E-state index in [0.717, 1.165) is 25.7 Å². The molecule has 0 aliphatic carbocycles. The van der Waals surface area contributed by atoms with Crippen LogP contribution in [0.3, 0.4) is 0 Å². The van der Waals surface area contributed by atoms with Gasteiger partial charge in [-0.2, -0.15) is 5.10 Å². The van der Waals surface area contributed by atoms with Crippen molar-refractivity contribution in [1.29, 1.82) is 0 Å². The van der Waals surface area contributed by atoms with Crippen LogP contribution in [0.25, 0.3) is 10.2 Å². The molecule has 0 unspecified atom stereocenters. The average molecular weight is 355 g/mol. The molecule has 1 N–H and O–H groups in total. The van der Waals surface area contributed by atoms with E-state index >= 15 is 0 Å². The Labute approximate surface area is 149 Å². The van der Waals surface area contributed by atoms with Gasteiger partial charge in [-0.05, 0) is 31.5 Å². The number of rotatable bonds is 5. The third kappa shape index (κ3) is 4.21. The van der Waals surface area contributed by atoms with E-state index in [0.29, 0.717) is 0 Å². The molecule has 0 bridgehead atoms. The third-order valence-corrected chi connectivity index (χ3v) is 5.58. The first-order chi connectivity index (χ1) is 11.6. The van der Waals surface area contributed by atoms with Crippen LogP contribution in [-0.4, -0.2) is 22.4 Å². The summed E-state index contributed by atoms with van der Waals surface area (Å²) < 4.78 is 2.02. The second-order valence-electron chi connectivity index (χ2n) is 5.36. The van der Waals surface area contributed by atoms with Crippen LogP contribution in [0, 0.1) is 6.92 Å². The van der Waals surface area contributed by atoms with Crippen LogP contribution in [0.5, 0.6) is 0 Å². The summed E-state index contributed by atoms with van der Waals surface area (Å²) >= 11 is 3.05. The van der Waals surface area contributed by atoms with Crippen molar-refractivity contribution < 1.29 is 4.79 Å². The van der Waals surface area contributed by atoms with E-state index in [1.807, 2.05) is 62.4 Å². The lowest BCUT2D eigenvalue weighted by atomic mass is 10.2. The van der Waals surface area contributed by atoms with Gasteiger partial charge in [0.2, 0.25) is 0 Å². The highest BCUT2D eigenvalue weighted by atomic mass is 32.2. The molecule has 0 aliphatic heterocycles. The summed E-state index contributed by atoms with van der Waals surface area (Å²) in [5.41, 5.74) is 5.68. The van der Waals surface area contributed by atoms with Gasteiger partial charge in [-0.1, -0.05) is 53.7 Å². The highest BCUT2D eigenvalue weighted by Gasteiger charge is 2.16. The second kappa shape index (κ2) is 7.59. The van der Waals surface area contributed by atoms with Crippen LogP contribution in [0.15, 0.2) is 58.0 Å². The molecule has 0 aliphatic rings. The molecule has 3 rings (SSSR count). The van der Waals surface area contributed by atoms with Gasteiger partial charge in [-0.25, -0.2) is 10.4 Å². The van der Waals surface area contributed by atoms with E-state index in [1.165, 1.54) is 11.8 Å². The van der Waals surface area contributed by atoms with Gasteiger partial charge in [-0.3, -0.25) is 4.79 Å². The number of fused-ring (bicyclic) bond motifs is 1. The number of thiazole rings is 1.